The molecule has 0 unspecified atom stereocenters. The standard InChI is InChI=1S/C16H19N5O3S/c1-20(10-12-9-18-21(2)11-12)15(22)7-8-17-16-13-5-3-4-6-14(13)25(23,24)19-16/h3-6,9,11H,7-8,10H2,1-2H3,(H,17,19). The lowest BCUT2D eigenvalue weighted by atomic mass is 10.2. The van der Waals surface area contributed by atoms with Crippen molar-refractivity contribution in [1.82, 2.24) is 19.4 Å². The number of aromatic nitrogens is 2. The van der Waals surface area contributed by atoms with E-state index in [2.05, 4.69) is 14.8 Å². The van der Waals surface area contributed by atoms with Gasteiger partial charge in [-0.25, -0.2) is 8.42 Å². The van der Waals surface area contributed by atoms with Crippen LogP contribution in [0, 0.1) is 0 Å². The lowest BCUT2D eigenvalue weighted by molar-refractivity contribution is -0.130. The number of aliphatic imine (C=N–C) groups is 1. The first-order chi connectivity index (χ1) is 11.9. The second-order valence-corrected chi connectivity index (χ2v) is 7.50. The molecule has 25 heavy (non-hydrogen) atoms. The summed E-state index contributed by atoms with van der Waals surface area (Å²) in [7, 11) is -0.00588. The molecule has 1 amide bonds. The van der Waals surface area contributed by atoms with Crippen LogP contribution in [-0.2, 0) is 28.4 Å². The van der Waals surface area contributed by atoms with Crippen LogP contribution in [0.3, 0.4) is 0 Å². The van der Waals surface area contributed by atoms with Gasteiger partial charge in [0.05, 0.1) is 17.6 Å². The lowest BCUT2D eigenvalue weighted by Crippen LogP contribution is -2.27. The van der Waals surface area contributed by atoms with Crippen LogP contribution in [0.25, 0.3) is 0 Å². The number of hydrogen-bond donors (Lipinski definition) is 1. The molecule has 0 atom stereocenters. The Morgan fingerprint density at radius 2 is 2.12 bits per heavy atom. The van der Waals surface area contributed by atoms with Crippen molar-refractivity contribution in [2.24, 2.45) is 12.0 Å². The maximum Gasteiger partial charge on any atom is 0.263 e. The second kappa shape index (κ2) is 6.67. The van der Waals surface area contributed by atoms with E-state index in [4.69, 9.17) is 0 Å². The van der Waals surface area contributed by atoms with E-state index < -0.39 is 10.0 Å². The van der Waals surface area contributed by atoms with Crippen molar-refractivity contribution < 1.29 is 13.2 Å². The highest BCUT2D eigenvalue weighted by molar-refractivity contribution is 7.90. The Labute approximate surface area is 146 Å². The zero-order valence-corrected chi connectivity index (χ0v) is 14.8. The second-order valence-electron chi connectivity index (χ2n) is 5.85. The molecule has 0 spiro atoms. The average Bonchev–Trinajstić information content (AvgIpc) is 3.09. The predicted octanol–water partition coefficient (Wildman–Crippen LogP) is 0.507. The van der Waals surface area contributed by atoms with Gasteiger partial charge in [0.15, 0.2) is 0 Å². The third-order valence-electron chi connectivity index (χ3n) is 3.86. The molecule has 9 heteroatoms. The molecule has 3 rings (SSSR count). The van der Waals surface area contributed by atoms with Crippen molar-refractivity contribution in [2.75, 3.05) is 13.6 Å². The molecular formula is C16H19N5O3S. The van der Waals surface area contributed by atoms with Gasteiger partial charge in [0.25, 0.3) is 10.0 Å². The number of carbonyl (C=O) groups is 1. The third-order valence-corrected chi connectivity index (χ3v) is 5.26. The van der Waals surface area contributed by atoms with Crippen molar-refractivity contribution in [3.8, 4) is 0 Å². The largest absolute Gasteiger partial charge is 0.341 e. The molecule has 0 aliphatic carbocycles. The van der Waals surface area contributed by atoms with Gasteiger partial charge < -0.3 is 4.90 Å². The van der Waals surface area contributed by atoms with Crippen molar-refractivity contribution >= 4 is 21.8 Å². The quantitative estimate of drug-likeness (QED) is 0.839. The molecule has 0 saturated carbocycles. The SMILES string of the molecule is CN(Cc1cnn(C)c1)C(=O)CCN=C1NS(=O)(=O)c2ccccc21. The van der Waals surface area contributed by atoms with Gasteiger partial charge in [-0.2, -0.15) is 5.10 Å². The molecule has 1 aromatic carbocycles. The maximum absolute atomic E-state index is 12.2. The molecule has 132 valence electrons. The number of carbonyl (C=O) groups excluding carboxylic acids is 1. The minimum atomic E-state index is -3.55. The average molecular weight is 361 g/mol. The summed E-state index contributed by atoms with van der Waals surface area (Å²) in [5.41, 5.74) is 1.49. The van der Waals surface area contributed by atoms with Crippen molar-refractivity contribution in [1.29, 1.82) is 0 Å². The minimum absolute atomic E-state index is 0.0673. The van der Waals surface area contributed by atoms with Crippen LogP contribution in [-0.4, -0.2) is 48.4 Å². The van der Waals surface area contributed by atoms with Crippen LogP contribution >= 0.6 is 0 Å². The van der Waals surface area contributed by atoms with E-state index in [-0.39, 0.29) is 23.8 Å². The monoisotopic (exact) mass is 361 g/mol. The Bertz CT molecular complexity index is 933. The number of nitrogens with one attached hydrogen (secondary N) is 1. The van der Waals surface area contributed by atoms with Crippen molar-refractivity contribution in [2.45, 2.75) is 17.9 Å². The van der Waals surface area contributed by atoms with E-state index in [1.54, 1.807) is 41.0 Å². The summed E-state index contributed by atoms with van der Waals surface area (Å²) in [4.78, 5) is 18.3. The maximum atomic E-state index is 12.2. The molecular weight excluding hydrogens is 342 g/mol. The number of rotatable bonds is 5. The molecule has 2 heterocycles. The molecule has 1 aromatic heterocycles. The molecule has 8 nitrogen and oxygen atoms in total. The highest BCUT2D eigenvalue weighted by Crippen LogP contribution is 2.22. The Balaban J connectivity index is 1.61. The van der Waals surface area contributed by atoms with Gasteiger partial charge in [-0.05, 0) is 12.1 Å². The van der Waals surface area contributed by atoms with Crippen LogP contribution < -0.4 is 4.72 Å². The van der Waals surface area contributed by atoms with E-state index in [0.717, 1.165) is 5.56 Å². The number of hydrogen-bond acceptors (Lipinski definition) is 5. The molecule has 0 fully saturated rings. The van der Waals surface area contributed by atoms with Crippen LogP contribution in [0.1, 0.15) is 17.5 Å². The van der Waals surface area contributed by atoms with Crippen LogP contribution in [0.4, 0.5) is 0 Å². The van der Waals surface area contributed by atoms with E-state index in [9.17, 15) is 13.2 Å². The number of nitrogens with zero attached hydrogens (tertiary/aromatic N) is 4. The van der Waals surface area contributed by atoms with E-state index in [0.29, 0.717) is 17.9 Å². The van der Waals surface area contributed by atoms with E-state index in [1.165, 1.54) is 6.07 Å². The fraction of sp³-hybridized carbons (Fsp3) is 0.312. The van der Waals surface area contributed by atoms with Crippen LogP contribution in [0.15, 0.2) is 46.5 Å². The summed E-state index contributed by atoms with van der Waals surface area (Å²) in [5.74, 6) is 0.223. The number of amides is 1. The summed E-state index contributed by atoms with van der Waals surface area (Å²) in [6.45, 7) is 0.682. The van der Waals surface area contributed by atoms with Crippen LogP contribution in [0.5, 0.6) is 0 Å². The van der Waals surface area contributed by atoms with Crippen molar-refractivity contribution in [3.63, 3.8) is 0 Å². The first-order valence-corrected chi connectivity index (χ1v) is 9.23. The number of benzene rings is 1. The molecule has 0 radical (unpaired) electrons. The van der Waals surface area contributed by atoms with E-state index in [1.807, 2.05) is 13.2 Å². The number of sulfonamides is 1. The summed E-state index contributed by atoms with van der Waals surface area (Å²) >= 11 is 0. The predicted molar refractivity (Wildman–Crippen MR) is 92.5 cm³/mol. The molecule has 2 aromatic rings. The van der Waals surface area contributed by atoms with Gasteiger partial charge in [-0.15, -0.1) is 0 Å². The molecule has 0 bridgehead atoms. The number of fused-ring (bicyclic) bond motifs is 1. The van der Waals surface area contributed by atoms with Gasteiger partial charge in [0.2, 0.25) is 5.91 Å². The highest BCUT2D eigenvalue weighted by atomic mass is 32.2. The normalized spacial score (nSPS) is 16.5. The Kier molecular flexibility index (Phi) is 4.58. The zero-order chi connectivity index (χ0) is 18.0. The van der Waals surface area contributed by atoms with Crippen LogP contribution in [0.2, 0.25) is 0 Å². The summed E-state index contributed by atoms with van der Waals surface area (Å²) < 4.78 is 28.1. The smallest absolute Gasteiger partial charge is 0.263 e. The lowest BCUT2D eigenvalue weighted by Gasteiger charge is -2.15. The van der Waals surface area contributed by atoms with Gasteiger partial charge in [-0.3, -0.25) is 19.2 Å². The van der Waals surface area contributed by atoms with E-state index >= 15 is 0 Å². The van der Waals surface area contributed by atoms with Gasteiger partial charge in [0.1, 0.15) is 5.84 Å². The van der Waals surface area contributed by atoms with Gasteiger partial charge >= 0.3 is 0 Å². The first-order valence-electron chi connectivity index (χ1n) is 7.75. The minimum Gasteiger partial charge on any atom is -0.341 e. The Hall–Kier alpha value is -2.68. The van der Waals surface area contributed by atoms with Crippen molar-refractivity contribution in [3.05, 3.63) is 47.8 Å². The summed E-state index contributed by atoms with van der Waals surface area (Å²) in [5, 5.41) is 4.07. The first kappa shape index (κ1) is 17.2. The molecule has 1 N–H and O–H groups in total. The topological polar surface area (TPSA) is 96.7 Å². The Morgan fingerprint density at radius 1 is 1.36 bits per heavy atom. The zero-order valence-electron chi connectivity index (χ0n) is 14.0. The van der Waals surface area contributed by atoms with Gasteiger partial charge in [0, 0.05) is 44.4 Å². The molecule has 0 saturated heterocycles. The highest BCUT2D eigenvalue weighted by Gasteiger charge is 2.29. The van der Waals surface area contributed by atoms with Gasteiger partial charge in [-0.1, -0.05) is 12.1 Å². The summed E-state index contributed by atoms with van der Waals surface area (Å²) in [6.07, 6.45) is 3.77. The Morgan fingerprint density at radius 3 is 2.84 bits per heavy atom. The molecule has 1 aliphatic rings. The summed E-state index contributed by atoms with van der Waals surface area (Å²) in [6, 6.07) is 6.65. The molecule has 1 aliphatic heterocycles. The fourth-order valence-electron chi connectivity index (χ4n) is 2.62. The number of amidine groups is 1. The number of aryl methyl sites for hydroxylation is 1. The third kappa shape index (κ3) is 3.71. The fourth-order valence-corrected chi connectivity index (χ4v) is 3.87.